The maximum atomic E-state index is 6.19. The van der Waals surface area contributed by atoms with Gasteiger partial charge < -0.3 is 4.90 Å². The largest absolute Gasteiger partial charge is 0.371 e. The third-order valence-electron chi connectivity index (χ3n) is 2.70. The van der Waals surface area contributed by atoms with Gasteiger partial charge in [0.25, 0.3) is 0 Å². The van der Waals surface area contributed by atoms with Gasteiger partial charge in [-0.15, -0.1) is 11.8 Å². The molecule has 0 saturated carbocycles. The van der Waals surface area contributed by atoms with E-state index in [0.717, 1.165) is 18.1 Å². The van der Waals surface area contributed by atoms with Gasteiger partial charge in [0.1, 0.15) is 0 Å². The van der Waals surface area contributed by atoms with Crippen LogP contribution in [0.4, 0.5) is 5.69 Å². The molecule has 1 aliphatic rings. The molecule has 81 valence electrons. The van der Waals surface area contributed by atoms with Crippen LogP contribution in [0.5, 0.6) is 0 Å². The summed E-state index contributed by atoms with van der Waals surface area (Å²) in [6.07, 6.45) is 6.81. The molecule has 0 atom stereocenters. The highest BCUT2D eigenvalue weighted by Crippen LogP contribution is 2.35. The van der Waals surface area contributed by atoms with Gasteiger partial charge in [-0.1, -0.05) is 17.7 Å². The summed E-state index contributed by atoms with van der Waals surface area (Å²) in [7, 11) is 0. The number of halogens is 1. The van der Waals surface area contributed by atoms with Crippen LogP contribution in [-0.2, 0) is 0 Å². The maximum absolute atomic E-state index is 6.19. The molecule has 1 aromatic rings. The number of nitrogens with zero attached hydrogens (tertiary/aromatic N) is 1. The summed E-state index contributed by atoms with van der Waals surface area (Å²) >= 11 is 7.93. The molecule has 0 aliphatic carbocycles. The molecule has 1 saturated heterocycles. The first-order chi connectivity index (χ1) is 7.33. The Labute approximate surface area is 101 Å². The lowest BCUT2D eigenvalue weighted by molar-refractivity contribution is 0.675. The maximum Gasteiger partial charge on any atom is 0.0562 e. The molecular weight excluding hydrogens is 226 g/mol. The van der Waals surface area contributed by atoms with Crippen LogP contribution in [0, 0.1) is 6.42 Å². The van der Waals surface area contributed by atoms with Gasteiger partial charge in [0, 0.05) is 18.0 Å². The molecule has 1 radical (unpaired) electrons. The minimum absolute atomic E-state index is 0.870. The Morgan fingerprint density at radius 2 is 2.00 bits per heavy atom. The molecule has 0 bridgehead atoms. The summed E-state index contributed by atoms with van der Waals surface area (Å²) in [5, 5.41) is 0.870. The Balaban J connectivity index is 2.29. The van der Waals surface area contributed by atoms with Crippen molar-refractivity contribution in [3.8, 4) is 0 Å². The van der Waals surface area contributed by atoms with Gasteiger partial charge in [0.15, 0.2) is 0 Å². The normalized spacial score (nSPS) is 16.8. The minimum atomic E-state index is 0.870. The smallest absolute Gasteiger partial charge is 0.0562 e. The van der Waals surface area contributed by atoms with E-state index in [1.54, 1.807) is 11.8 Å². The molecule has 1 aromatic carbocycles. The van der Waals surface area contributed by atoms with Crippen molar-refractivity contribution < 1.29 is 0 Å². The van der Waals surface area contributed by atoms with Crippen molar-refractivity contribution >= 4 is 29.1 Å². The van der Waals surface area contributed by atoms with Crippen molar-refractivity contribution in [3.63, 3.8) is 0 Å². The molecule has 0 amide bonds. The summed E-state index contributed by atoms with van der Waals surface area (Å²) < 4.78 is 0. The Kier molecular flexibility index (Phi) is 3.81. The van der Waals surface area contributed by atoms with E-state index in [-0.39, 0.29) is 0 Å². The predicted molar refractivity (Wildman–Crippen MR) is 69.0 cm³/mol. The fourth-order valence-electron chi connectivity index (χ4n) is 1.94. The van der Waals surface area contributed by atoms with Crippen molar-refractivity contribution in [2.75, 3.05) is 24.2 Å². The quantitative estimate of drug-likeness (QED) is 0.722. The second-order valence-electron chi connectivity index (χ2n) is 3.65. The first-order valence-electron chi connectivity index (χ1n) is 5.22. The first-order valence-corrected chi connectivity index (χ1v) is 6.82. The Morgan fingerprint density at radius 1 is 1.27 bits per heavy atom. The number of thioether (sulfide) groups is 1. The minimum Gasteiger partial charge on any atom is -0.371 e. The predicted octanol–water partition coefficient (Wildman–Crippen LogP) is 3.87. The van der Waals surface area contributed by atoms with Crippen LogP contribution in [0.25, 0.3) is 0 Å². The molecule has 1 nitrogen and oxygen atoms in total. The van der Waals surface area contributed by atoms with E-state index in [4.69, 9.17) is 11.6 Å². The highest BCUT2D eigenvalue weighted by atomic mass is 35.5. The van der Waals surface area contributed by atoms with E-state index in [1.807, 2.05) is 12.1 Å². The van der Waals surface area contributed by atoms with E-state index in [2.05, 4.69) is 23.6 Å². The Hall–Kier alpha value is -0.340. The van der Waals surface area contributed by atoms with Gasteiger partial charge in [0.2, 0.25) is 0 Å². The van der Waals surface area contributed by atoms with E-state index < -0.39 is 0 Å². The Bertz CT molecular complexity index is 334. The zero-order valence-electron chi connectivity index (χ0n) is 8.87. The van der Waals surface area contributed by atoms with Crippen LogP contribution in [0.15, 0.2) is 23.1 Å². The first kappa shape index (κ1) is 11.2. The molecule has 0 aromatic heterocycles. The molecule has 1 heterocycles. The number of rotatable bonds is 2. The number of hydrogen-bond donors (Lipinski definition) is 0. The second-order valence-corrected chi connectivity index (χ2v) is 4.87. The van der Waals surface area contributed by atoms with Crippen LogP contribution in [0.3, 0.4) is 0 Å². The lowest BCUT2D eigenvalue weighted by atomic mass is 10.1. The molecule has 0 spiro atoms. The zero-order chi connectivity index (χ0) is 10.7. The zero-order valence-corrected chi connectivity index (χ0v) is 10.4. The molecule has 0 unspecified atom stereocenters. The third kappa shape index (κ3) is 2.43. The fourth-order valence-corrected chi connectivity index (χ4v) is 3.01. The van der Waals surface area contributed by atoms with Crippen LogP contribution < -0.4 is 4.90 Å². The van der Waals surface area contributed by atoms with Gasteiger partial charge in [-0.05, 0) is 37.7 Å². The van der Waals surface area contributed by atoms with Gasteiger partial charge in [-0.3, -0.25) is 0 Å². The topological polar surface area (TPSA) is 3.24 Å². The van der Waals surface area contributed by atoms with Crippen molar-refractivity contribution in [1.82, 2.24) is 0 Å². The van der Waals surface area contributed by atoms with Crippen LogP contribution in [0.2, 0.25) is 5.02 Å². The molecule has 1 aliphatic heterocycles. The summed E-state index contributed by atoms with van der Waals surface area (Å²) in [4.78, 5) is 3.64. The van der Waals surface area contributed by atoms with Gasteiger partial charge in [-0.25, -0.2) is 0 Å². The van der Waals surface area contributed by atoms with Crippen LogP contribution in [0.1, 0.15) is 12.8 Å². The van der Waals surface area contributed by atoms with Gasteiger partial charge in [0.05, 0.1) is 10.7 Å². The molecule has 1 fully saturated rings. The van der Waals surface area contributed by atoms with E-state index >= 15 is 0 Å². The van der Waals surface area contributed by atoms with Gasteiger partial charge in [-0.2, -0.15) is 0 Å². The number of benzene rings is 1. The summed E-state index contributed by atoms with van der Waals surface area (Å²) in [5.74, 6) is 0. The van der Waals surface area contributed by atoms with Gasteiger partial charge >= 0.3 is 0 Å². The molecular formula is C12H15ClNS. The molecule has 15 heavy (non-hydrogen) atoms. The summed E-state index contributed by atoms with van der Waals surface area (Å²) in [6, 6.07) is 6.17. The van der Waals surface area contributed by atoms with Crippen molar-refractivity contribution in [3.05, 3.63) is 29.6 Å². The lowest BCUT2D eigenvalue weighted by Gasteiger charge is -2.30. The second kappa shape index (κ2) is 5.13. The average molecular weight is 241 g/mol. The average Bonchev–Trinajstić information content (AvgIpc) is 2.30. The molecule has 2 rings (SSSR count). The standard InChI is InChI=1S/C12H15ClNS/c1-15-12-10(13)6-5-7-11(12)14-8-3-2-4-9-14/h2,5-7H,3-4,8-9H2,1H3. The van der Waals surface area contributed by atoms with E-state index in [1.165, 1.54) is 23.4 Å². The van der Waals surface area contributed by atoms with Crippen molar-refractivity contribution in [1.29, 1.82) is 0 Å². The highest BCUT2D eigenvalue weighted by molar-refractivity contribution is 7.98. The number of piperidine rings is 1. The van der Waals surface area contributed by atoms with Crippen molar-refractivity contribution in [2.45, 2.75) is 17.7 Å². The molecule has 0 N–H and O–H groups in total. The van der Waals surface area contributed by atoms with Crippen LogP contribution >= 0.6 is 23.4 Å². The Morgan fingerprint density at radius 3 is 2.67 bits per heavy atom. The number of anilines is 1. The monoisotopic (exact) mass is 240 g/mol. The highest BCUT2D eigenvalue weighted by Gasteiger charge is 2.15. The summed E-state index contributed by atoms with van der Waals surface area (Å²) in [5.41, 5.74) is 1.29. The third-order valence-corrected chi connectivity index (χ3v) is 3.96. The SMILES string of the molecule is CSc1c(Cl)cccc1N1CC[CH]CC1. The lowest BCUT2D eigenvalue weighted by Crippen LogP contribution is -2.30. The van der Waals surface area contributed by atoms with Crippen LogP contribution in [-0.4, -0.2) is 19.3 Å². The fraction of sp³-hybridized carbons (Fsp3) is 0.417. The van der Waals surface area contributed by atoms with E-state index in [0.29, 0.717) is 0 Å². The number of hydrogen-bond acceptors (Lipinski definition) is 2. The van der Waals surface area contributed by atoms with E-state index in [9.17, 15) is 0 Å². The molecule has 3 heteroatoms. The summed E-state index contributed by atoms with van der Waals surface area (Å²) in [6.45, 7) is 2.24. The van der Waals surface area contributed by atoms with Crippen molar-refractivity contribution in [2.24, 2.45) is 0 Å².